The lowest BCUT2D eigenvalue weighted by atomic mass is 10.2. The Morgan fingerprint density at radius 3 is 2.75 bits per heavy atom. The molecule has 1 heterocycles. The second-order valence-corrected chi connectivity index (χ2v) is 3.32. The largest absolute Gasteiger partial charge is 0.457 e. The molecule has 1 aliphatic heterocycles. The van der Waals surface area contributed by atoms with Crippen LogP contribution in [0.25, 0.3) is 0 Å². The molecule has 0 saturated carbocycles. The molecule has 0 bridgehead atoms. The van der Waals surface area contributed by atoms with Crippen LogP contribution in [0.15, 0.2) is 0 Å². The topological polar surface area (TPSA) is 23.6 Å². The molecule has 0 unspecified atom stereocenters. The summed E-state index contributed by atoms with van der Waals surface area (Å²) in [5, 5.41) is 0. The van der Waals surface area contributed by atoms with Crippen molar-refractivity contribution in [1.29, 1.82) is 0 Å². The van der Waals surface area contributed by atoms with Gasteiger partial charge in [0.05, 0.1) is 0 Å². The molecule has 0 radical (unpaired) electrons. The highest BCUT2D eigenvalue weighted by Gasteiger charge is 2.23. The van der Waals surface area contributed by atoms with Crippen molar-refractivity contribution >= 4 is 5.91 Å². The lowest BCUT2D eigenvalue weighted by Gasteiger charge is -2.27. The molecule has 1 fully saturated rings. The Hall–Kier alpha value is -0.570. The molecule has 0 aromatic carbocycles. The van der Waals surface area contributed by atoms with Gasteiger partial charge in [0.15, 0.2) is 0 Å². The van der Waals surface area contributed by atoms with Crippen molar-refractivity contribution in [3.63, 3.8) is 0 Å². The summed E-state index contributed by atoms with van der Waals surface area (Å²) in [5.41, 5.74) is 0. The summed E-state index contributed by atoms with van der Waals surface area (Å²) in [6.07, 6.45) is 1.07. The van der Waals surface area contributed by atoms with Crippen LogP contribution in [0.3, 0.4) is 0 Å². The first-order chi connectivity index (χ1) is 5.65. The maximum absolute atomic E-state index is 11.2. The zero-order valence-electron chi connectivity index (χ0n) is 7.92. The van der Waals surface area contributed by atoms with Crippen LogP contribution in [-0.4, -0.2) is 41.4 Å². The van der Waals surface area contributed by atoms with Crippen molar-refractivity contribution in [1.82, 2.24) is 9.80 Å². The third kappa shape index (κ3) is 1.97. The van der Waals surface area contributed by atoms with Gasteiger partial charge in [-0.3, -0.25) is 11.8 Å². The van der Waals surface area contributed by atoms with Crippen LogP contribution >= 0.6 is 0 Å². The molecule has 1 rings (SSSR count). The Bertz CT molecular complexity index is 170. The highest BCUT2D eigenvalue weighted by Crippen LogP contribution is 2.14. The first-order valence-corrected chi connectivity index (χ1v) is 4.47. The summed E-state index contributed by atoms with van der Waals surface area (Å²) in [6, 6.07) is 0.394. The van der Waals surface area contributed by atoms with Crippen molar-refractivity contribution in [3.05, 3.63) is 7.05 Å². The smallest absolute Gasteiger partial charge is 0.219 e. The molecule has 3 nitrogen and oxygen atoms in total. The van der Waals surface area contributed by atoms with Gasteiger partial charge in [0.1, 0.15) is 0 Å². The Morgan fingerprint density at radius 1 is 1.75 bits per heavy atom. The summed E-state index contributed by atoms with van der Waals surface area (Å²) in [4.78, 5) is 15.1. The molecule has 0 N–H and O–H groups in total. The van der Waals surface area contributed by atoms with Gasteiger partial charge in [0, 0.05) is 19.5 Å². The summed E-state index contributed by atoms with van der Waals surface area (Å²) in [7, 11) is 3.86. The minimum absolute atomic E-state index is 0.179. The zero-order valence-corrected chi connectivity index (χ0v) is 7.92. The number of rotatable bonds is 2. The van der Waals surface area contributed by atoms with Gasteiger partial charge in [-0.15, -0.1) is 0 Å². The van der Waals surface area contributed by atoms with E-state index in [1.165, 1.54) is 0 Å². The van der Waals surface area contributed by atoms with Gasteiger partial charge in [-0.2, -0.15) is 0 Å². The van der Waals surface area contributed by atoms with Crippen LogP contribution in [0, 0.1) is 7.05 Å². The highest BCUT2D eigenvalue weighted by molar-refractivity contribution is 5.73. The number of carbonyl (C=O) groups excluding carboxylic acids is 1. The predicted octanol–water partition coefficient (Wildman–Crippen LogP) is 0.721. The standard InChI is InChI=1S/C9H17N2O/c1-4-11(8(2)12)9-5-6-10(3)7-9/h9H,3-7H2,1-2H3/q-1/t9-/m1/s1. The van der Waals surface area contributed by atoms with Crippen LogP contribution < -0.4 is 0 Å². The fourth-order valence-corrected chi connectivity index (χ4v) is 1.80. The molecule has 1 atom stereocenters. The van der Waals surface area contributed by atoms with E-state index in [4.69, 9.17) is 0 Å². The second-order valence-electron chi connectivity index (χ2n) is 3.32. The van der Waals surface area contributed by atoms with Crippen LogP contribution in [-0.2, 0) is 4.79 Å². The van der Waals surface area contributed by atoms with Gasteiger partial charge >= 0.3 is 0 Å². The third-order valence-electron chi connectivity index (χ3n) is 2.43. The van der Waals surface area contributed by atoms with Crippen LogP contribution in [0.1, 0.15) is 20.3 Å². The molecule has 0 spiro atoms. The average molecular weight is 169 g/mol. The zero-order chi connectivity index (χ0) is 9.14. The molecule has 0 aromatic rings. The Morgan fingerprint density at radius 2 is 2.42 bits per heavy atom. The fourth-order valence-electron chi connectivity index (χ4n) is 1.80. The second kappa shape index (κ2) is 3.90. The first kappa shape index (κ1) is 9.52. The van der Waals surface area contributed by atoms with Gasteiger partial charge in [0.25, 0.3) is 0 Å². The fraction of sp³-hybridized carbons (Fsp3) is 0.778. The minimum Gasteiger partial charge on any atom is -0.457 e. The van der Waals surface area contributed by atoms with Crippen LogP contribution in [0.2, 0.25) is 0 Å². The summed E-state index contributed by atoms with van der Waals surface area (Å²) < 4.78 is 0. The third-order valence-corrected chi connectivity index (χ3v) is 2.43. The Labute approximate surface area is 74.3 Å². The van der Waals surface area contributed by atoms with Gasteiger partial charge in [-0.1, -0.05) is 0 Å². The van der Waals surface area contributed by atoms with Gasteiger partial charge in [-0.25, -0.2) is 0 Å². The van der Waals surface area contributed by atoms with Gasteiger partial charge < -0.3 is 9.80 Å². The molecule has 0 aromatic heterocycles. The maximum atomic E-state index is 11.2. The van der Waals surface area contributed by atoms with Crippen LogP contribution in [0.5, 0.6) is 0 Å². The van der Waals surface area contributed by atoms with E-state index in [0.29, 0.717) is 6.04 Å². The summed E-state index contributed by atoms with van der Waals surface area (Å²) >= 11 is 0. The number of likely N-dealkylation sites (tertiary alicyclic amines) is 1. The molecule has 1 saturated heterocycles. The number of hydrogen-bond donors (Lipinski definition) is 0. The van der Waals surface area contributed by atoms with E-state index in [-0.39, 0.29) is 5.91 Å². The van der Waals surface area contributed by atoms with Crippen molar-refractivity contribution < 1.29 is 4.79 Å². The normalized spacial score (nSPS) is 24.4. The Kier molecular flexibility index (Phi) is 3.09. The maximum Gasteiger partial charge on any atom is 0.219 e. The monoisotopic (exact) mass is 169 g/mol. The minimum atomic E-state index is 0.179. The lowest BCUT2D eigenvalue weighted by molar-refractivity contribution is -0.130. The summed E-state index contributed by atoms with van der Waals surface area (Å²) in [5.74, 6) is 0.179. The average Bonchev–Trinajstić information content (AvgIpc) is 2.37. The lowest BCUT2D eigenvalue weighted by Crippen LogP contribution is -2.39. The van der Waals surface area contributed by atoms with E-state index in [9.17, 15) is 4.79 Å². The molecule has 12 heavy (non-hydrogen) atoms. The van der Waals surface area contributed by atoms with Gasteiger partial charge in [-0.05, 0) is 26.4 Å². The van der Waals surface area contributed by atoms with Crippen molar-refractivity contribution in [2.75, 3.05) is 19.6 Å². The van der Waals surface area contributed by atoms with Crippen molar-refractivity contribution in [3.8, 4) is 0 Å². The number of nitrogens with zero attached hydrogens (tertiary/aromatic N) is 2. The molecular formula is C9H17N2O-. The van der Waals surface area contributed by atoms with Gasteiger partial charge in [0.2, 0.25) is 5.91 Å². The van der Waals surface area contributed by atoms with E-state index in [1.54, 1.807) is 6.92 Å². The van der Waals surface area contributed by atoms with E-state index in [0.717, 1.165) is 26.1 Å². The quantitative estimate of drug-likeness (QED) is 0.569. The highest BCUT2D eigenvalue weighted by atomic mass is 16.2. The molecule has 70 valence electrons. The van der Waals surface area contributed by atoms with E-state index in [2.05, 4.69) is 7.05 Å². The molecule has 3 heteroatoms. The van der Waals surface area contributed by atoms with Crippen molar-refractivity contribution in [2.45, 2.75) is 26.3 Å². The molecule has 1 aliphatic rings. The van der Waals surface area contributed by atoms with E-state index in [1.807, 2.05) is 16.7 Å². The number of amides is 1. The first-order valence-electron chi connectivity index (χ1n) is 4.47. The molecule has 0 aliphatic carbocycles. The Balaban J connectivity index is 2.49. The van der Waals surface area contributed by atoms with Crippen molar-refractivity contribution in [2.24, 2.45) is 0 Å². The summed E-state index contributed by atoms with van der Waals surface area (Å²) in [6.45, 7) is 6.40. The number of carbonyl (C=O) groups is 1. The number of likely N-dealkylation sites (N-methyl/N-ethyl adjacent to an activating group) is 1. The van der Waals surface area contributed by atoms with E-state index < -0.39 is 0 Å². The number of hydrogen-bond acceptors (Lipinski definition) is 2. The molecular weight excluding hydrogens is 152 g/mol. The SMILES string of the molecule is [CH2-]N1CC[C@@H](N(CC)C(C)=O)C1. The van der Waals surface area contributed by atoms with E-state index >= 15 is 0 Å². The van der Waals surface area contributed by atoms with Crippen LogP contribution in [0.4, 0.5) is 0 Å². The predicted molar refractivity (Wildman–Crippen MR) is 48.4 cm³/mol. The molecule has 1 amide bonds.